The van der Waals surface area contributed by atoms with Crippen LogP contribution >= 0.6 is 0 Å². The summed E-state index contributed by atoms with van der Waals surface area (Å²) in [5.74, 6) is -0.262. The lowest BCUT2D eigenvalue weighted by Crippen LogP contribution is -2.16. The number of carbonyl (C=O) groups excluding carboxylic acids is 2. The molecule has 3 rings (SSSR count). The Morgan fingerprint density at radius 2 is 1.70 bits per heavy atom. The van der Waals surface area contributed by atoms with E-state index in [1.54, 1.807) is 42.8 Å². The molecule has 1 aromatic carbocycles. The smallest absolute Gasteiger partial charge is 0.259 e. The van der Waals surface area contributed by atoms with Crippen molar-refractivity contribution in [2.24, 2.45) is 0 Å². The van der Waals surface area contributed by atoms with Gasteiger partial charge in [-0.25, -0.2) is 8.42 Å². The molecule has 27 heavy (non-hydrogen) atoms. The Kier molecular flexibility index (Phi) is 5.05. The van der Waals surface area contributed by atoms with Crippen LogP contribution in [-0.2, 0) is 14.6 Å². The molecule has 0 spiro atoms. The first-order chi connectivity index (χ1) is 12.7. The van der Waals surface area contributed by atoms with Crippen LogP contribution < -0.4 is 10.6 Å². The average Bonchev–Trinajstić information content (AvgIpc) is 3.07. The van der Waals surface area contributed by atoms with Gasteiger partial charge in [0.25, 0.3) is 5.91 Å². The van der Waals surface area contributed by atoms with Gasteiger partial charge in [0.2, 0.25) is 5.91 Å². The molecule has 2 amide bonds. The fourth-order valence-electron chi connectivity index (χ4n) is 3.35. The number of hydrogen-bond donors (Lipinski definition) is 2. The third-order valence-corrected chi connectivity index (χ3v) is 6.32. The van der Waals surface area contributed by atoms with E-state index in [4.69, 9.17) is 0 Å². The third kappa shape index (κ3) is 4.19. The minimum atomic E-state index is -3.04. The number of carbonyl (C=O) groups is 2. The molecule has 1 aliphatic heterocycles. The largest absolute Gasteiger partial charge is 0.326 e. The van der Waals surface area contributed by atoms with Crippen LogP contribution in [0.5, 0.6) is 0 Å². The molecule has 9 heteroatoms. The molecule has 0 radical (unpaired) electrons. The number of aryl methyl sites for hydroxylation is 1. The van der Waals surface area contributed by atoms with E-state index >= 15 is 0 Å². The van der Waals surface area contributed by atoms with E-state index in [9.17, 15) is 18.0 Å². The number of rotatable bonds is 4. The van der Waals surface area contributed by atoms with Gasteiger partial charge >= 0.3 is 0 Å². The Hall–Kier alpha value is -2.68. The molecule has 2 aromatic rings. The fourth-order valence-corrected chi connectivity index (χ4v) is 5.04. The van der Waals surface area contributed by atoms with Crippen molar-refractivity contribution < 1.29 is 18.0 Å². The number of anilines is 2. The minimum Gasteiger partial charge on any atom is -0.326 e. The van der Waals surface area contributed by atoms with Crippen molar-refractivity contribution in [3.05, 3.63) is 41.2 Å². The van der Waals surface area contributed by atoms with Crippen molar-refractivity contribution in [3.63, 3.8) is 0 Å². The quantitative estimate of drug-likeness (QED) is 0.830. The van der Waals surface area contributed by atoms with Gasteiger partial charge < -0.3 is 10.6 Å². The van der Waals surface area contributed by atoms with E-state index in [0.717, 1.165) is 0 Å². The SMILES string of the molecule is CC(=O)Nc1ccc(NC(=O)c2c(C)nn(C3CCS(=O)(=O)C3)c2C)cc1. The van der Waals surface area contributed by atoms with Crippen LogP contribution in [0.3, 0.4) is 0 Å². The van der Waals surface area contributed by atoms with E-state index in [1.165, 1.54) is 6.92 Å². The van der Waals surface area contributed by atoms with Crippen molar-refractivity contribution in [2.45, 2.75) is 33.2 Å². The molecule has 1 fully saturated rings. The molecule has 1 aliphatic rings. The highest BCUT2D eigenvalue weighted by Crippen LogP contribution is 2.27. The Balaban J connectivity index is 1.78. The average molecular weight is 390 g/mol. The minimum absolute atomic E-state index is 0.0562. The van der Waals surface area contributed by atoms with E-state index in [0.29, 0.717) is 34.7 Å². The van der Waals surface area contributed by atoms with Gasteiger partial charge in [-0.05, 0) is 44.5 Å². The molecule has 1 atom stereocenters. The maximum atomic E-state index is 12.7. The van der Waals surface area contributed by atoms with Gasteiger partial charge in [-0.15, -0.1) is 0 Å². The first kappa shape index (κ1) is 19.1. The highest BCUT2D eigenvalue weighted by molar-refractivity contribution is 7.91. The fraction of sp³-hybridized carbons (Fsp3) is 0.389. The number of nitrogens with one attached hydrogen (secondary N) is 2. The standard InChI is InChI=1S/C18H22N4O4S/c1-11-17(12(2)22(21-11)16-8-9-27(25,26)10-16)18(24)20-15-6-4-14(5-7-15)19-13(3)23/h4-7,16H,8-10H2,1-3H3,(H,19,23)(H,20,24). The highest BCUT2D eigenvalue weighted by Gasteiger charge is 2.32. The lowest BCUT2D eigenvalue weighted by molar-refractivity contribution is -0.114. The zero-order valence-corrected chi connectivity index (χ0v) is 16.3. The summed E-state index contributed by atoms with van der Waals surface area (Å²) in [6.07, 6.45) is 0.510. The molecule has 2 heterocycles. The summed E-state index contributed by atoms with van der Waals surface area (Å²) >= 11 is 0. The summed E-state index contributed by atoms with van der Waals surface area (Å²) in [5, 5.41) is 9.89. The second-order valence-corrected chi connectivity index (χ2v) is 8.99. The van der Waals surface area contributed by atoms with Crippen molar-refractivity contribution in [2.75, 3.05) is 22.1 Å². The van der Waals surface area contributed by atoms with Gasteiger partial charge in [0.15, 0.2) is 9.84 Å². The van der Waals surface area contributed by atoms with Gasteiger partial charge in [0.1, 0.15) is 0 Å². The lowest BCUT2D eigenvalue weighted by Gasteiger charge is -2.11. The van der Waals surface area contributed by atoms with Gasteiger partial charge in [0, 0.05) is 24.0 Å². The van der Waals surface area contributed by atoms with E-state index in [-0.39, 0.29) is 29.4 Å². The van der Waals surface area contributed by atoms with E-state index in [2.05, 4.69) is 15.7 Å². The predicted molar refractivity (Wildman–Crippen MR) is 103 cm³/mol. The van der Waals surface area contributed by atoms with Crippen LogP contribution in [0, 0.1) is 13.8 Å². The van der Waals surface area contributed by atoms with Crippen LogP contribution in [0.25, 0.3) is 0 Å². The zero-order chi connectivity index (χ0) is 19.8. The summed E-state index contributed by atoms with van der Waals surface area (Å²) in [6.45, 7) is 4.94. The van der Waals surface area contributed by atoms with Crippen LogP contribution in [0.15, 0.2) is 24.3 Å². The molecule has 0 aliphatic carbocycles. The number of nitrogens with zero attached hydrogens (tertiary/aromatic N) is 2. The van der Waals surface area contributed by atoms with Crippen molar-refractivity contribution in [1.29, 1.82) is 0 Å². The van der Waals surface area contributed by atoms with Crippen LogP contribution in [0.2, 0.25) is 0 Å². The van der Waals surface area contributed by atoms with Crippen molar-refractivity contribution >= 4 is 33.0 Å². The third-order valence-electron chi connectivity index (χ3n) is 4.57. The molecule has 1 aromatic heterocycles. The maximum Gasteiger partial charge on any atom is 0.259 e. The van der Waals surface area contributed by atoms with Gasteiger partial charge in [-0.3, -0.25) is 14.3 Å². The molecule has 0 bridgehead atoms. The summed E-state index contributed by atoms with van der Waals surface area (Å²) in [4.78, 5) is 23.8. The summed E-state index contributed by atoms with van der Waals surface area (Å²) in [7, 11) is -3.04. The zero-order valence-electron chi connectivity index (χ0n) is 15.4. The first-order valence-corrected chi connectivity index (χ1v) is 10.4. The summed E-state index contributed by atoms with van der Waals surface area (Å²) in [5.41, 5.74) is 2.89. The molecule has 1 unspecified atom stereocenters. The van der Waals surface area contributed by atoms with Gasteiger partial charge in [0.05, 0.1) is 28.8 Å². The molecule has 144 valence electrons. The van der Waals surface area contributed by atoms with Crippen molar-refractivity contribution in [3.8, 4) is 0 Å². The number of aromatic nitrogens is 2. The van der Waals surface area contributed by atoms with Crippen LogP contribution in [0.4, 0.5) is 11.4 Å². The van der Waals surface area contributed by atoms with Gasteiger partial charge in [-0.1, -0.05) is 0 Å². The van der Waals surface area contributed by atoms with E-state index in [1.807, 2.05) is 0 Å². The molecule has 0 saturated carbocycles. The second-order valence-electron chi connectivity index (χ2n) is 6.76. The van der Waals surface area contributed by atoms with Crippen LogP contribution in [0.1, 0.15) is 41.1 Å². The molecule has 8 nitrogen and oxygen atoms in total. The van der Waals surface area contributed by atoms with E-state index < -0.39 is 9.84 Å². The van der Waals surface area contributed by atoms with Crippen molar-refractivity contribution in [1.82, 2.24) is 9.78 Å². The molecular weight excluding hydrogens is 368 g/mol. The number of sulfone groups is 1. The Morgan fingerprint density at radius 1 is 1.11 bits per heavy atom. The Bertz CT molecular complexity index is 993. The number of hydrogen-bond acceptors (Lipinski definition) is 5. The Morgan fingerprint density at radius 3 is 2.22 bits per heavy atom. The number of amides is 2. The van der Waals surface area contributed by atoms with Crippen LogP contribution in [-0.4, -0.2) is 41.5 Å². The predicted octanol–water partition coefficient (Wildman–Crippen LogP) is 2.07. The number of benzene rings is 1. The summed E-state index contributed by atoms with van der Waals surface area (Å²) in [6, 6.07) is 6.56. The lowest BCUT2D eigenvalue weighted by atomic mass is 10.1. The Labute approximate surface area is 157 Å². The first-order valence-electron chi connectivity index (χ1n) is 8.61. The molecule has 1 saturated heterocycles. The molecule has 2 N–H and O–H groups in total. The maximum absolute atomic E-state index is 12.7. The monoisotopic (exact) mass is 390 g/mol. The second kappa shape index (κ2) is 7.15. The molecular formula is C18H22N4O4S. The summed E-state index contributed by atoms with van der Waals surface area (Å²) < 4.78 is 25.1. The highest BCUT2D eigenvalue weighted by atomic mass is 32.2. The topological polar surface area (TPSA) is 110 Å². The normalized spacial score (nSPS) is 18.3. The van der Waals surface area contributed by atoms with Gasteiger partial charge in [-0.2, -0.15) is 5.10 Å².